The number of hydrogen-bond acceptors (Lipinski definition) is 7. The minimum absolute atomic E-state index is 0.145. The van der Waals surface area contributed by atoms with Crippen molar-refractivity contribution in [1.82, 2.24) is 4.90 Å². The fourth-order valence-corrected chi connectivity index (χ4v) is 5.16. The average molecular weight is 634 g/mol. The van der Waals surface area contributed by atoms with E-state index in [9.17, 15) is 19.7 Å². The first-order valence-corrected chi connectivity index (χ1v) is 12.9. The number of ether oxygens (including phenoxy) is 2. The normalized spacial score (nSPS) is 14.4. The Kier molecular flexibility index (Phi) is 8.12. The summed E-state index contributed by atoms with van der Waals surface area (Å²) in [6.07, 6.45) is 1.58. The monoisotopic (exact) mass is 632 g/mol. The molecule has 1 aliphatic heterocycles. The van der Waals surface area contributed by atoms with Crippen LogP contribution in [-0.4, -0.2) is 28.1 Å². The molecule has 0 atom stereocenters. The molecule has 36 heavy (non-hydrogen) atoms. The van der Waals surface area contributed by atoms with E-state index >= 15 is 0 Å². The maximum atomic E-state index is 13.0. The Morgan fingerprint density at radius 3 is 2.50 bits per heavy atom. The van der Waals surface area contributed by atoms with Crippen molar-refractivity contribution in [3.8, 4) is 11.5 Å². The summed E-state index contributed by atoms with van der Waals surface area (Å²) in [5.74, 6) is 0.433. The summed E-state index contributed by atoms with van der Waals surface area (Å²) in [5, 5.41) is 10.8. The number of carbonyl (C=O) groups is 2. The van der Waals surface area contributed by atoms with E-state index in [1.54, 1.807) is 24.3 Å². The largest absolute Gasteiger partial charge is 0.493 e. The second-order valence-corrected chi connectivity index (χ2v) is 10.4. The predicted octanol–water partition coefficient (Wildman–Crippen LogP) is 6.94. The SMILES string of the molecule is COc1cc(/C=C2\SC(=O)N(Cc3ccccc3[N+](=O)[O-])C2=O)cc(Br)c1OCc1ccc(Br)cc1. The third-order valence-electron chi connectivity index (χ3n) is 5.24. The standard InChI is InChI=1S/C25H18Br2N2O6S/c1-34-21-11-16(10-19(27)23(21)35-14-15-6-8-18(26)9-7-15)12-22-24(30)28(25(31)36-22)13-17-4-2-3-5-20(17)29(32)33/h2-12H,13-14H2,1H3/b22-12-. The number of thioether (sulfide) groups is 1. The Hall–Kier alpha value is -3.15. The lowest BCUT2D eigenvalue weighted by Crippen LogP contribution is -2.27. The molecule has 1 fully saturated rings. The highest BCUT2D eigenvalue weighted by Gasteiger charge is 2.36. The zero-order valence-electron chi connectivity index (χ0n) is 18.8. The third kappa shape index (κ3) is 5.80. The highest BCUT2D eigenvalue weighted by Crippen LogP contribution is 2.40. The number of carbonyl (C=O) groups excluding carboxylic acids is 2. The van der Waals surface area contributed by atoms with E-state index in [0.29, 0.717) is 28.1 Å². The number of hydrogen-bond donors (Lipinski definition) is 0. The number of nitro groups is 1. The number of methoxy groups -OCH3 is 1. The van der Waals surface area contributed by atoms with E-state index < -0.39 is 16.1 Å². The molecule has 11 heteroatoms. The zero-order chi connectivity index (χ0) is 25.8. The van der Waals surface area contributed by atoms with E-state index in [-0.39, 0.29) is 22.7 Å². The quantitative estimate of drug-likeness (QED) is 0.150. The van der Waals surface area contributed by atoms with Gasteiger partial charge in [-0.2, -0.15) is 0 Å². The van der Waals surface area contributed by atoms with Gasteiger partial charge in [0.1, 0.15) is 6.61 Å². The summed E-state index contributed by atoms with van der Waals surface area (Å²) in [5.41, 5.74) is 1.73. The lowest BCUT2D eigenvalue weighted by Gasteiger charge is -2.14. The highest BCUT2D eigenvalue weighted by atomic mass is 79.9. The van der Waals surface area contributed by atoms with Crippen LogP contribution in [0.2, 0.25) is 0 Å². The van der Waals surface area contributed by atoms with Crippen LogP contribution < -0.4 is 9.47 Å². The number of rotatable bonds is 8. The third-order valence-corrected chi connectivity index (χ3v) is 7.26. The molecule has 4 rings (SSSR count). The Labute approximate surface area is 227 Å². The Bertz CT molecular complexity index is 1380. The van der Waals surface area contributed by atoms with Gasteiger partial charge in [0.25, 0.3) is 16.8 Å². The van der Waals surface area contributed by atoms with Crippen molar-refractivity contribution in [3.63, 3.8) is 0 Å². The first-order valence-electron chi connectivity index (χ1n) is 10.5. The van der Waals surface area contributed by atoms with Crippen molar-refractivity contribution in [1.29, 1.82) is 0 Å². The molecule has 0 aliphatic carbocycles. The van der Waals surface area contributed by atoms with Gasteiger partial charge in [0.15, 0.2) is 11.5 Å². The molecule has 3 aromatic carbocycles. The van der Waals surface area contributed by atoms with Gasteiger partial charge in [0, 0.05) is 16.1 Å². The van der Waals surface area contributed by atoms with Gasteiger partial charge in [0.2, 0.25) is 0 Å². The first kappa shape index (κ1) is 25.9. The highest BCUT2D eigenvalue weighted by molar-refractivity contribution is 9.10. The lowest BCUT2D eigenvalue weighted by atomic mass is 10.1. The van der Waals surface area contributed by atoms with Gasteiger partial charge >= 0.3 is 0 Å². The molecule has 184 valence electrons. The zero-order valence-corrected chi connectivity index (χ0v) is 22.8. The minimum Gasteiger partial charge on any atom is -0.493 e. The maximum absolute atomic E-state index is 13.0. The van der Waals surface area contributed by atoms with Crippen molar-refractivity contribution in [3.05, 3.63) is 101 Å². The Morgan fingerprint density at radius 1 is 1.08 bits per heavy atom. The number of amides is 2. The van der Waals surface area contributed by atoms with Gasteiger partial charge in [-0.15, -0.1) is 0 Å². The summed E-state index contributed by atoms with van der Waals surface area (Å²) >= 11 is 7.69. The van der Waals surface area contributed by atoms with Gasteiger partial charge in [-0.3, -0.25) is 24.6 Å². The molecular formula is C25H18Br2N2O6S. The van der Waals surface area contributed by atoms with Crippen molar-refractivity contribution in [2.75, 3.05) is 7.11 Å². The van der Waals surface area contributed by atoms with Crippen LogP contribution in [0.15, 0.2) is 74.5 Å². The van der Waals surface area contributed by atoms with Gasteiger partial charge < -0.3 is 9.47 Å². The summed E-state index contributed by atoms with van der Waals surface area (Å²) in [6.45, 7) is 0.140. The van der Waals surface area contributed by atoms with E-state index in [1.807, 2.05) is 24.3 Å². The molecule has 0 spiro atoms. The van der Waals surface area contributed by atoms with Crippen LogP contribution in [0.25, 0.3) is 6.08 Å². The number of para-hydroxylation sites is 1. The van der Waals surface area contributed by atoms with Crippen molar-refractivity contribution >= 4 is 66.5 Å². The molecule has 3 aromatic rings. The number of benzene rings is 3. The van der Waals surface area contributed by atoms with E-state index in [0.717, 1.165) is 26.7 Å². The van der Waals surface area contributed by atoms with Gasteiger partial charge in [0.05, 0.1) is 28.0 Å². The number of halogens is 2. The Morgan fingerprint density at radius 2 is 1.81 bits per heavy atom. The van der Waals surface area contributed by atoms with Gasteiger partial charge in [-0.05, 0) is 69.2 Å². The molecule has 0 saturated carbocycles. The smallest absolute Gasteiger partial charge is 0.293 e. The molecule has 0 N–H and O–H groups in total. The number of imide groups is 1. The molecule has 1 heterocycles. The van der Waals surface area contributed by atoms with Gasteiger partial charge in [-0.1, -0.05) is 46.3 Å². The van der Waals surface area contributed by atoms with Gasteiger partial charge in [-0.25, -0.2) is 0 Å². The molecule has 0 unspecified atom stereocenters. The summed E-state index contributed by atoms with van der Waals surface area (Å²) in [4.78, 5) is 37.5. The second-order valence-electron chi connectivity index (χ2n) is 7.60. The summed E-state index contributed by atoms with van der Waals surface area (Å²) < 4.78 is 13.1. The fraction of sp³-hybridized carbons (Fsp3) is 0.120. The predicted molar refractivity (Wildman–Crippen MR) is 144 cm³/mol. The van der Waals surface area contributed by atoms with Crippen molar-refractivity contribution in [2.45, 2.75) is 13.2 Å². The van der Waals surface area contributed by atoms with Crippen molar-refractivity contribution < 1.29 is 24.0 Å². The average Bonchev–Trinajstić information content (AvgIpc) is 3.11. The number of nitrogens with zero attached hydrogens (tertiary/aromatic N) is 2. The van der Waals surface area contributed by atoms with E-state index in [2.05, 4.69) is 31.9 Å². The summed E-state index contributed by atoms with van der Waals surface area (Å²) in [7, 11) is 1.51. The van der Waals surface area contributed by atoms with Crippen LogP contribution in [0, 0.1) is 10.1 Å². The summed E-state index contributed by atoms with van der Waals surface area (Å²) in [6, 6.07) is 17.2. The molecule has 1 saturated heterocycles. The molecule has 0 aromatic heterocycles. The minimum atomic E-state index is -0.533. The van der Waals surface area contributed by atoms with Crippen LogP contribution in [0.1, 0.15) is 16.7 Å². The van der Waals surface area contributed by atoms with Crippen LogP contribution in [0.5, 0.6) is 11.5 Å². The van der Waals surface area contributed by atoms with Crippen molar-refractivity contribution in [2.24, 2.45) is 0 Å². The molecule has 0 bridgehead atoms. The molecular weight excluding hydrogens is 616 g/mol. The van der Waals surface area contributed by atoms with Crippen LogP contribution in [0.4, 0.5) is 10.5 Å². The molecule has 0 radical (unpaired) electrons. The fourth-order valence-electron chi connectivity index (χ4n) is 3.48. The van der Waals surface area contributed by atoms with Crippen LogP contribution in [0.3, 0.4) is 0 Å². The molecule has 8 nitrogen and oxygen atoms in total. The lowest BCUT2D eigenvalue weighted by molar-refractivity contribution is -0.385. The first-order chi connectivity index (χ1) is 17.3. The van der Waals surface area contributed by atoms with E-state index in [4.69, 9.17) is 9.47 Å². The molecule has 2 amide bonds. The van der Waals surface area contributed by atoms with Crippen LogP contribution >= 0.6 is 43.6 Å². The van der Waals surface area contributed by atoms with E-state index in [1.165, 1.54) is 25.3 Å². The maximum Gasteiger partial charge on any atom is 0.293 e. The number of nitro benzene ring substituents is 1. The second kappa shape index (κ2) is 11.3. The topological polar surface area (TPSA) is 99.0 Å². The van der Waals surface area contributed by atoms with Crippen LogP contribution in [-0.2, 0) is 17.9 Å². The Balaban J connectivity index is 1.54. The molecule has 1 aliphatic rings.